The third-order valence-corrected chi connectivity index (χ3v) is 4.12. The van der Waals surface area contributed by atoms with E-state index in [2.05, 4.69) is 0 Å². The van der Waals surface area contributed by atoms with Crippen LogP contribution in [0.25, 0.3) is 0 Å². The maximum atomic E-state index is 14.5. The van der Waals surface area contributed by atoms with E-state index in [-0.39, 0.29) is 10.9 Å². The fourth-order valence-corrected chi connectivity index (χ4v) is 2.88. The zero-order valence-electron chi connectivity index (χ0n) is 12.7. The molecule has 11 heteroatoms. The molecular weight excluding hydrogens is 350 g/mol. The van der Waals surface area contributed by atoms with Gasteiger partial charge in [-0.15, -0.1) is 0 Å². The lowest BCUT2D eigenvalue weighted by atomic mass is 10.1. The van der Waals surface area contributed by atoms with Crippen LogP contribution in [0.15, 0.2) is 15.8 Å². The molecule has 0 unspecified atom stereocenters. The smallest absolute Gasteiger partial charge is 0.330 e. The number of hydrogen-bond acceptors (Lipinski definition) is 7. The van der Waals surface area contributed by atoms with Gasteiger partial charge >= 0.3 is 11.7 Å². The predicted molar refractivity (Wildman–Crippen MR) is 78.8 cm³/mol. The van der Waals surface area contributed by atoms with Gasteiger partial charge in [0, 0.05) is 19.6 Å². The van der Waals surface area contributed by atoms with Gasteiger partial charge in [0.1, 0.15) is 6.10 Å². The highest BCUT2D eigenvalue weighted by Gasteiger charge is 2.48. The lowest BCUT2D eigenvalue weighted by Gasteiger charge is -2.20. The highest BCUT2D eigenvalue weighted by atomic mass is 32.2. The summed E-state index contributed by atoms with van der Waals surface area (Å²) in [4.78, 5) is 46.8. The number of nitrogens with zero attached hydrogens (tertiary/aromatic N) is 1. The van der Waals surface area contributed by atoms with E-state index in [1.807, 2.05) is 0 Å². The zero-order valence-corrected chi connectivity index (χ0v) is 13.5. The van der Waals surface area contributed by atoms with Gasteiger partial charge in [-0.25, -0.2) is 9.18 Å². The molecule has 1 aliphatic heterocycles. The summed E-state index contributed by atoms with van der Waals surface area (Å²) in [7, 11) is 0. The molecule has 0 radical (unpaired) electrons. The Morgan fingerprint density at radius 2 is 2.08 bits per heavy atom. The Labute approximate surface area is 138 Å². The van der Waals surface area contributed by atoms with Crippen molar-refractivity contribution in [1.29, 1.82) is 0 Å². The van der Waals surface area contributed by atoms with Gasteiger partial charge in [-0.05, 0) is 0 Å². The summed E-state index contributed by atoms with van der Waals surface area (Å²) in [6.07, 6.45) is -5.44. The third-order valence-electron chi connectivity index (χ3n) is 3.22. The quantitative estimate of drug-likeness (QED) is 0.756. The highest BCUT2D eigenvalue weighted by molar-refractivity contribution is 8.13. The minimum atomic E-state index is -1.84. The lowest BCUT2D eigenvalue weighted by Crippen LogP contribution is -2.39. The largest absolute Gasteiger partial charge is 0.454 e. The molecule has 1 N–H and O–H groups in total. The van der Waals surface area contributed by atoms with Crippen LogP contribution >= 0.6 is 11.8 Å². The number of hydrogen-bond donors (Lipinski definition) is 1. The van der Waals surface area contributed by atoms with Crippen LogP contribution in [0.5, 0.6) is 0 Å². The van der Waals surface area contributed by atoms with Crippen molar-refractivity contribution in [2.45, 2.75) is 38.5 Å². The van der Waals surface area contributed by atoms with Crippen molar-refractivity contribution in [2.75, 3.05) is 5.75 Å². The van der Waals surface area contributed by atoms with Crippen LogP contribution in [0.2, 0.25) is 0 Å². The van der Waals surface area contributed by atoms with Crippen LogP contribution in [0.4, 0.5) is 8.78 Å². The molecule has 0 spiro atoms. The Morgan fingerprint density at radius 3 is 2.67 bits per heavy atom. The second kappa shape index (κ2) is 7.26. The molecule has 132 valence electrons. The first kappa shape index (κ1) is 18.3. The summed E-state index contributed by atoms with van der Waals surface area (Å²) < 4.78 is 38.7. The van der Waals surface area contributed by atoms with E-state index in [4.69, 9.17) is 9.47 Å². The molecular formula is C13H14F2N2O6S. The monoisotopic (exact) mass is 364 g/mol. The fraction of sp³-hybridized carbons (Fsp3) is 0.538. The van der Waals surface area contributed by atoms with Crippen LogP contribution in [0, 0.1) is 5.82 Å². The Bertz CT molecular complexity index is 764. The molecule has 1 saturated heterocycles. The topological polar surface area (TPSA) is 107 Å². The first-order valence-corrected chi connectivity index (χ1v) is 7.80. The summed E-state index contributed by atoms with van der Waals surface area (Å²) in [5, 5.41) is -0.273. The average molecular weight is 364 g/mol. The number of esters is 1. The second-order valence-corrected chi connectivity index (χ2v) is 6.23. The fourth-order valence-electron chi connectivity index (χ4n) is 2.22. The van der Waals surface area contributed by atoms with Gasteiger partial charge in [0.15, 0.2) is 23.6 Å². The maximum absolute atomic E-state index is 14.5. The molecule has 2 heterocycles. The van der Waals surface area contributed by atoms with Gasteiger partial charge in [0.25, 0.3) is 5.56 Å². The van der Waals surface area contributed by atoms with Gasteiger partial charge in [0.05, 0.1) is 6.20 Å². The van der Waals surface area contributed by atoms with Crippen molar-refractivity contribution in [3.05, 3.63) is 32.9 Å². The Balaban J connectivity index is 2.36. The molecule has 1 aliphatic rings. The number of carbonyl (C=O) groups excluding carboxylic acids is 2. The summed E-state index contributed by atoms with van der Waals surface area (Å²) in [6, 6.07) is 0. The molecule has 0 saturated carbocycles. The minimum Gasteiger partial charge on any atom is -0.454 e. The van der Waals surface area contributed by atoms with Gasteiger partial charge in [-0.1, -0.05) is 11.8 Å². The molecule has 24 heavy (non-hydrogen) atoms. The molecule has 1 fully saturated rings. The van der Waals surface area contributed by atoms with Crippen LogP contribution in [0.3, 0.4) is 0 Å². The molecule has 0 aliphatic carbocycles. The Hall–Kier alpha value is -2.01. The van der Waals surface area contributed by atoms with Crippen molar-refractivity contribution in [3.8, 4) is 0 Å². The number of aromatic nitrogens is 2. The lowest BCUT2D eigenvalue weighted by molar-refractivity contribution is -0.154. The predicted octanol–water partition coefficient (Wildman–Crippen LogP) is 0.123. The van der Waals surface area contributed by atoms with Gasteiger partial charge in [-0.2, -0.15) is 4.39 Å². The number of carbonyl (C=O) groups is 2. The van der Waals surface area contributed by atoms with Crippen molar-refractivity contribution < 1.29 is 27.8 Å². The van der Waals surface area contributed by atoms with Gasteiger partial charge in [-0.3, -0.25) is 23.9 Å². The Kier molecular flexibility index (Phi) is 5.54. The molecule has 0 bridgehead atoms. The SMILES string of the molecule is CC(=O)O[C@@H]1[C@@H](F)[C@@H](CSC(C)=O)O[C@H]1n1cc(F)c(=O)[nH]c1=O. The van der Waals surface area contributed by atoms with Crippen molar-refractivity contribution >= 4 is 22.8 Å². The molecule has 2 rings (SSSR count). The summed E-state index contributed by atoms with van der Waals surface area (Å²) in [5.74, 6) is -2.18. The third kappa shape index (κ3) is 3.90. The van der Waals surface area contributed by atoms with Crippen LogP contribution in [-0.2, 0) is 19.1 Å². The molecule has 8 nitrogen and oxygen atoms in total. The first-order chi connectivity index (χ1) is 11.2. The van der Waals surface area contributed by atoms with E-state index in [1.165, 1.54) is 6.92 Å². The number of halogens is 2. The maximum Gasteiger partial charge on any atom is 0.330 e. The van der Waals surface area contributed by atoms with E-state index >= 15 is 0 Å². The van der Waals surface area contributed by atoms with E-state index in [9.17, 15) is 28.0 Å². The molecule has 1 aromatic heterocycles. The van der Waals surface area contributed by atoms with E-state index in [1.54, 1.807) is 4.98 Å². The van der Waals surface area contributed by atoms with Gasteiger partial charge in [0.2, 0.25) is 5.82 Å². The summed E-state index contributed by atoms with van der Waals surface area (Å²) in [5.41, 5.74) is -2.28. The number of ether oxygens (including phenoxy) is 2. The number of nitrogens with one attached hydrogen (secondary N) is 1. The average Bonchev–Trinajstić information content (AvgIpc) is 2.77. The van der Waals surface area contributed by atoms with Gasteiger partial charge < -0.3 is 9.47 Å². The van der Waals surface area contributed by atoms with Crippen LogP contribution in [-0.4, -0.2) is 44.8 Å². The molecule has 0 amide bonds. The number of H-pyrrole nitrogens is 1. The number of thioether (sulfide) groups is 1. The van der Waals surface area contributed by atoms with Crippen molar-refractivity contribution in [1.82, 2.24) is 9.55 Å². The summed E-state index contributed by atoms with van der Waals surface area (Å²) in [6.45, 7) is 2.33. The van der Waals surface area contributed by atoms with E-state index in [0.29, 0.717) is 10.8 Å². The van der Waals surface area contributed by atoms with Crippen molar-refractivity contribution in [3.63, 3.8) is 0 Å². The molecule has 0 aromatic carbocycles. The number of rotatable bonds is 4. The minimum absolute atomic E-state index is 0.0780. The number of aromatic amines is 1. The highest BCUT2D eigenvalue weighted by Crippen LogP contribution is 2.34. The normalized spacial score (nSPS) is 26.3. The second-order valence-electron chi connectivity index (χ2n) is 5.03. The Morgan fingerprint density at radius 1 is 1.42 bits per heavy atom. The van der Waals surface area contributed by atoms with E-state index < -0.39 is 47.6 Å². The summed E-state index contributed by atoms with van der Waals surface area (Å²) >= 11 is 0.797. The standard InChI is InChI=1S/C13H14F2N2O6S/c1-5(18)22-10-9(15)8(4-24-6(2)19)23-12(10)17-3-7(14)11(20)16-13(17)21/h3,8-10,12H,4H2,1-2H3,(H,16,20,21)/t8-,9+,10-,12-/m1/s1. The number of alkyl halides is 1. The van der Waals surface area contributed by atoms with E-state index in [0.717, 1.165) is 18.7 Å². The van der Waals surface area contributed by atoms with Crippen molar-refractivity contribution in [2.24, 2.45) is 0 Å². The van der Waals surface area contributed by atoms with Crippen LogP contribution < -0.4 is 11.2 Å². The zero-order chi connectivity index (χ0) is 18.0. The first-order valence-electron chi connectivity index (χ1n) is 6.81. The van der Waals surface area contributed by atoms with Crippen LogP contribution in [0.1, 0.15) is 20.1 Å². The molecule has 1 aromatic rings. The molecule has 4 atom stereocenters.